The second-order valence-corrected chi connectivity index (χ2v) is 4.83. The van der Waals surface area contributed by atoms with Crippen molar-refractivity contribution in [3.8, 4) is 0 Å². The van der Waals surface area contributed by atoms with Crippen molar-refractivity contribution >= 4 is 10.9 Å². The van der Waals surface area contributed by atoms with Crippen molar-refractivity contribution in [2.75, 3.05) is 0 Å². The normalized spacial score (nSPS) is 11.0. The van der Waals surface area contributed by atoms with Gasteiger partial charge in [-0.2, -0.15) is 0 Å². The summed E-state index contributed by atoms with van der Waals surface area (Å²) in [6.07, 6.45) is 8.07. The van der Waals surface area contributed by atoms with Gasteiger partial charge in [0.15, 0.2) is 0 Å². The SMILES string of the molecule is CCc1cccc2ccn(CCc3cccnc3)c12. The molecule has 0 aliphatic rings. The maximum Gasteiger partial charge on any atom is 0.0512 e. The molecule has 2 heteroatoms. The predicted molar refractivity (Wildman–Crippen MR) is 79.3 cm³/mol. The van der Waals surface area contributed by atoms with Gasteiger partial charge in [-0.05, 0) is 41.5 Å². The number of benzene rings is 1. The molecule has 0 amide bonds. The molecule has 0 bridgehead atoms. The average molecular weight is 250 g/mol. The number of aryl methyl sites for hydroxylation is 3. The summed E-state index contributed by atoms with van der Waals surface area (Å²) in [5, 5.41) is 1.34. The number of hydrogen-bond acceptors (Lipinski definition) is 1. The van der Waals surface area contributed by atoms with Crippen LogP contribution in [0.25, 0.3) is 10.9 Å². The molecular weight excluding hydrogens is 232 g/mol. The highest BCUT2D eigenvalue weighted by atomic mass is 15.0. The van der Waals surface area contributed by atoms with Crippen molar-refractivity contribution in [1.29, 1.82) is 0 Å². The molecule has 2 nitrogen and oxygen atoms in total. The Morgan fingerprint density at radius 1 is 1.11 bits per heavy atom. The summed E-state index contributed by atoms with van der Waals surface area (Å²) < 4.78 is 2.36. The lowest BCUT2D eigenvalue weighted by molar-refractivity contribution is 0.718. The molecule has 0 aliphatic carbocycles. The van der Waals surface area contributed by atoms with Gasteiger partial charge in [-0.15, -0.1) is 0 Å². The van der Waals surface area contributed by atoms with Crippen molar-refractivity contribution < 1.29 is 0 Å². The van der Waals surface area contributed by atoms with E-state index < -0.39 is 0 Å². The fourth-order valence-electron chi connectivity index (χ4n) is 2.61. The van der Waals surface area contributed by atoms with Crippen LogP contribution in [0, 0.1) is 0 Å². The van der Waals surface area contributed by atoms with Crippen LogP contribution < -0.4 is 0 Å². The Morgan fingerprint density at radius 3 is 2.84 bits per heavy atom. The number of nitrogens with zero attached hydrogens (tertiary/aromatic N) is 2. The third-order valence-corrected chi connectivity index (χ3v) is 3.62. The molecule has 2 heterocycles. The first-order chi connectivity index (χ1) is 9.38. The van der Waals surface area contributed by atoms with Crippen LogP contribution in [0.2, 0.25) is 0 Å². The van der Waals surface area contributed by atoms with Crippen LogP contribution in [0.1, 0.15) is 18.1 Å². The van der Waals surface area contributed by atoms with E-state index in [0.717, 1.165) is 19.4 Å². The summed E-state index contributed by atoms with van der Waals surface area (Å²) in [6.45, 7) is 3.22. The second kappa shape index (κ2) is 5.27. The zero-order chi connectivity index (χ0) is 13.1. The molecule has 3 rings (SSSR count). The van der Waals surface area contributed by atoms with Crippen LogP contribution in [-0.2, 0) is 19.4 Å². The van der Waals surface area contributed by atoms with Crippen LogP contribution >= 0.6 is 0 Å². The molecular formula is C17H18N2. The quantitative estimate of drug-likeness (QED) is 0.688. The smallest absolute Gasteiger partial charge is 0.0512 e. The summed E-state index contributed by atoms with van der Waals surface area (Å²) in [4.78, 5) is 4.17. The minimum Gasteiger partial charge on any atom is -0.347 e. The maximum atomic E-state index is 4.17. The van der Waals surface area contributed by atoms with Gasteiger partial charge < -0.3 is 4.57 Å². The van der Waals surface area contributed by atoms with Gasteiger partial charge in [-0.3, -0.25) is 4.98 Å². The summed E-state index contributed by atoms with van der Waals surface area (Å²) in [6, 6.07) is 12.9. The van der Waals surface area contributed by atoms with E-state index in [1.165, 1.54) is 22.0 Å². The lowest BCUT2D eigenvalue weighted by Crippen LogP contribution is -2.01. The molecule has 0 N–H and O–H groups in total. The molecule has 19 heavy (non-hydrogen) atoms. The van der Waals surface area contributed by atoms with Crippen molar-refractivity contribution in [2.24, 2.45) is 0 Å². The van der Waals surface area contributed by atoms with Gasteiger partial charge in [0.05, 0.1) is 5.52 Å². The Labute approximate surface area is 113 Å². The van der Waals surface area contributed by atoms with E-state index in [2.05, 4.69) is 53.0 Å². The average Bonchev–Trinajstić information content (AvgIpc) is 2.89. The Hall–Kier alpha value is -2.09. The molecule has 0 fully saturated rings. The van der Waals surface area contributed by atoms with Gasteiger partial charge in [0.25, 0.3) is 0 Å². The van der Waals surface area contributed by atoms with E-state index in [4.69, 9.17) is 0 Å². The van der Waals surface area contributed by atoms with Crippen molar-refractivity contribution in [2.45, 2.75) is 26.3 Å². The topological polar surface area (TPSA) is 17.8 Å². The number of rotatable bonds is 4. The van der Waals surface area contributed by atoms with Crippen LogP contribution in [0.4, 0.5) is 0 Å². The fraction of sp³-hybridized carbons (Fsp3) is 0.235. The largest absolute Gasteiger partial charge is 0.347 e. The fourth-order valence-corrected chi connectivity index (χ4v) is 2.61. The van der Waals surface area contributed by atoms with Crippen LogP contribution in [0.15, 0.2) is 55.0 Å². The van der Waals surface area contributed by atoms with E-state index in [1.54, 1.807) is 0 Å². The third kappa shape index (κ3) is 2.39. The summed E-state index contributed by atoms with van der Waals surface area (Å²) in [5.41, 5.74) is 4.10. The van der Waals surface area contributed by atoms with Gasteiger partial charge in [-0.25, -0.2) is 0 Å². The molecule has 0 spiro atoms. The highest BCUT2D eigenvalue weighted by Gasteiger charge is 2.05. The summed E-state index contributed by atoms with van der Waals surface area (Å²) >= 11 is 0. The molecule has 1 aromatic carbocycles. The number of para-hydroxylation sites is 1. The van der Waals surface area contributed by atoms with E-state index in [1.807, 2.05) is 18.5 Å². The Balaban J connectivity index is 1.89. The Bertz CT molecular complexity index is 668. The molecule has 0 unspecified atom stereocenters. The monoisotopic (exact) mass is 250 g/mol. The molecule has 2 aromatic heterocycles. The molecule has 3 aromatic rings. The highest BCUT2D eigenvalue weighted by Crippen LogP contribution is 2.21. The number of fused-ring (bicyclic) bond motifs is 1. The molecule has 0 saturated carbocycles. The molecule has 0 radical (unpaired) electrons. The Morgan fingerprint density at radius 2 is 2.05 bits per heavy atom. The standard InChI is InChI=1S/C17H18N2/c1-2-15-6-3-7-16-9-12-19(17(15)16)11-8-14-5-4-10-18-13-14/h3-7,9-10,12-13H,2,8,11H2,1H3. The zero-order valence-corrected chi connectivity index (χ0v) is 11.2. The first-order valence-corrected chi connectivity index (χ1v) is 6.84. The van der Waals surface area contributed by atoms with Gasteiger partial charge in [0, 0.05) is 25.1 Å². The van der Waals surface area contributed by atoms with Crippen LogP contribution in [0.3, 0.4) is 0 Å². The second-order valence-electron chi connectivity index (χ2n) is 4.83. The molecule has 0 saturated heterocycles. The minimum atomic E-state index is 1.01. The third-order valence-electron chi connectivity index (χ3n) is 3.62. The minimum absolute atomic E-state index is 1.01. The Kier molecular flexibility index (Phi) is 3.32. The number of aromatic nitrogens is 2. The van der Waals surface area contributed by atoms with Crippen molar-refractivity contribution in [1.82, 2.24) is 9.55 Å². The van der Waals surface area contributed by atoms with Gasteiger partial charge in [0.2, 0.25) is 0 Å². The first-order valence-electron chi connectivity index (χ1n) is 6.84. The zero-order valence-electron chi connectivity index (χ0n) is 11.2. The van der Waals surface area contributed by atoms with Gasteiger partial charge in [0.1, 0.15) is 0 Å². The summed E-state index contributed by atoms with van der Waals surface area (Å²) in [7, 11) is 0. The number of hydrogen-bond donors (Lipinski definition) is 0. The van der Waals surface area contributed by atoms with Gasteiger partial charge >= 0.3 is 0 Å². The first kappa shape index (κ1) is 12.0. The van der Waals surface area contributed by atoms with E-state index in [0.29, 0.717) is 0 Å². The van der Waals surface area contributed by atoms with Crippen LogP contribution in [-0.4, -0.2) is 9.55 Å². The van der Waals surface area contributed by atoms with E-state index in [-0.39, 0.29) is 0 Å². The summed E-state index contributed by atoms with van der Waals surface area (Å²) in [5.74, 6) is 0. The van der Waals surface area contributed by atoms with Crippen molar-refractivity contribution in [3.05, 3.63) is 66.1 Å². The van der Waals surface area contributed by atoms with Crippen LogP contribution in [0.5, 0.6) is 0 Å². The number of pyridine rings is 1. The molecule has 96 valence electrons. The van der Waals surface area contributed by atoms with E-state index >= 15 is 0 Å². The van der Waals surface area contributed by atoms with Gasteiger partial charge in [-0.1, -0.05) is 31.2 Å². The molecule has 0 aliphatic heterocycles. The molecule has 0 atom stereocenters. The predicted octanol–water partition coefficient (Wildman–Crippen LogP) is 3.84. The van der Waals surface area contributed by atoms with Crippen molar-refractivity contribution in [3.63, 3.8) is 0 Å². The maximum absolute atomic E-state index is 4.17. The lowest BCUT2D eigenvalue weighted by Gasteiger charge is -2.08. The highest BCUT2D eigenvalue weighted by molar-refractivity contribution is 5.83. The lowest BCUT2D eigenvalue weighted by atomic mass is 10.1. The van der Waals surface area contributed by atoms with E-state index in [9.17, 15) is 0 Å².